The number of halogens is 3. The fraction of sp³-hybridized carbons (Fsp3) is 0.455. The average molecular weight is 345 g/mol. The molecule has 1 rings (SSSR count). The second-order valence-corrected chi connectivity index (χ2v) is 8.93. The van der Waals surface area contributed by atoms with Gasteiger partial charge >= 0.3 is 15.5 Å². The Labute approximate surface area is 121 Å². The number of alkyl halides is 3. The average Bonchev–Trinajstić information content (AvgIpc) is 2.25. The molecule has 1 N–H and O–H groups in total. The number of hydrogen-bond acceptors (Lipinski definition) is 4. The molecule has 5 nitrogen and oxygen atoms in total. The maximum Gasteiger partial charge on any atom is 0.512 e. The summed E-state index contributed by atoms with van der Waals surface area (Å²) in [7, 11) is -10.8. The van der Waals surface area contributed by atoms with Gasteiger partial charge in [-0.25, -0.2) is 16.8 Å². The van der Waals surface area contributed by atoms with Crippen LogP contribution in [0, 0.1) is 0 Å². The van der Waals surface area contributed by atoms with Gasteiger partial charge in [0.2, 0.25) is 0 Å². The molecular weight excluding hydrogens is 331 g/mol. The smallest absolute Gasteiger partial charge is 0.206 e. The third kappa shape index (κ3) is 4.17. The lowest BCUT2D eigenvalue weighted by atomic mass is 9.87. The molecule has 0 bridgehead atoms. The topological polar surface area (TPSA) is 80.3 Å². The largest absolute Gasteiger partial charge is 0.512 e. The van der Waals surface area contributed by atoms with Crippen molar-refractivity contribution in [3.63, 3.8) is 0 Å². The lowest BCUT2D eigenvalue weighted by Gasteiger charge is -2.19. The van der Waals surface area contributed by atoms with Gasteiger partial charge < -0.3 is 0 Å². The van der Waals surface area contributed by atoms with Crippen LogP contribution in [0.4, 0.5) is 13.2 Å². The second kappa shape index (κ2) is 5.25. The van der Waals surface area contributed by atoms with Gasteiger partial charge in [-0.3, -0.25) is 0 Å². The third-order valence-corrected chi connectivity index (χ3v) is 5.81. The molecule has 21 heavy (non-hydrogen) atoms. The van der Waals surface area contributed by atoms with E-state index in [2.05, 4.69) is 0 Å². The van der Waals surface area contributed by atoms with E-state index in [4.69, 9.17) is 0 Å². The van der Waals surface area contributed by atoms with E-state index in [1.54, 1.807) is 0 Å². The van der Waals surface area contributed by atoms with Gasteiger partial charge in [0.1, 0.15) is 0 Å². The molecule has 0 spiro atoms. The Balaban J connectivity index is 3.17. The summed E-state index contributed by atoms with van der Waals surface area (Å²) in [5.74, 6) is 0. The van der Waals surface area contributed by atoms with Gasteiger partial charge in [0.15, 0.2) is 0 Å². The fourth-order valence-electron chi connectivity index (χ4n) is 1.37. The van der Waals surface area contributed by atoms with Crippen LogP contribution in [0.2, 0.25) is 0 Å². The summed E-state index contributed by atoms with van der Waals surface area (Å²) in [6.45, 7) is 5.59. The summed E-state index contributed by atoms with van der Waals surface area (Å²) < 4.78 is 82.3. The zero-order chi connectivity index (χ0) is 16.7. The maximum absolute atomic E-state index is 12.2. The summed E-state index contributed by atoms with van der Waals surface area (Å²) in [5.41, 5.74) is -5.24. The first-order valence-corrected chi connectivity index (χ1v) is 8.59. The minimum Gasteiger partial charge on any atom is -0.206 e. The Morgan fingerprint density at radius 2 is 1.33 bits per heavy atom. The van der Waals surface area contributed by atoms with E-state index in [9.17, 15) is 30.0 Å². The van der Waals surface area contributed by atoms with Gasteiger partial charge in [-0.15, -0.1) is 0 Å². The van der Waals surface area contributed by atoms with Gasteiger partial charge in [0, 0.05) is 0 Å². The standard InChI is InChI=1S/C11H14F3NO4S2/c1-10(2,3)8-4-6-9(7-5-8)20(16,17)15-21(18,19)11(12,13)14/h4-7,15H,1-3H3. The van der Waals surface area contributed by atoms with Gasteiger partial charge in [-0.2, -0.15) is 13.2 Å². The molecule has 120 valence electrons. The van der Waals surface area contributed by atoms with E-state index in [0.29, 0.717) is 4.13 Å². The molecule has 0 amide bonds. The highest BCUT2D eigenvalue weighted by molar-refractivity contribution is 8.05. The molecule has 0 heterocycles. The van der Waals surface area contributed by atoms with Crippen LogP contribution < -0.4 is 4.13 Å². The normalized spacial score (nSPS) is 14.2. The molecule has 0 unspecified atom stereocenters. The molecule has 0 aliphatic heterocycles. The number of rotatable bonds is 3. The van der Waals surface area contributed by atoms with Crippen molar-refractivity contribution in [3.05, 3.63) is 29.8 Å². The molecule has 1 aromatic carbocycles. The molecule has 10 heteroatoms. The van der Waals surface area contributed by atoms with Crippen molar-refractivity contribution in [1.29, 1.82) is 0 Å². The van der Waals surface area contributed by atoms with Crippen LogP contribution in [0.3, 0.4) is 0 Å². The van der Waals surface area contributed by atoms with Crippen molar-refractivity contribution in [2.24, 2.45) is 0 Å². The van der Waals surface area contributed by atoms with Gasteiger partial charge in [-0.05, 0) is 23.1 Å². The Morgan fingerprint density at radius 1 is 0.905 bits per heavy atom. The molecular formula is C11H14F3NO4S2. The molecule has 0 aliphatic rings. The van der Waals surface area contributed by atoms with Crippen LogP contribution in [-0.4, -0.2) is 22.3 Å². The first-order valence-electron chi connectivity index (χ1n) is 5.62. The first-order chi connectivity index (χ1) is 9.17. The van der Waals surface area contributed by atoms with Crippen LogP contribution in [0.25, 0.3) is 0 Å². The Hall–Kier alpha value is -1.13. The zero-order valence-corrected chi connectivity index (χ0v) is 13.0. The summed E-state index contributed by atoms with van der Waals surface area (Å²) in [6.07, 6.45) is 0. The predicted molar refractivity (Wildman–Crippen MR) is 70.4 cm³/mol. The van der Waals surface area contributed by atoms with E-state index in [1.807, 2.05) is 20.8 Å². The summed E-state index contributed by atoms with van der Waals surface area (Å²) in [5, 5.41) is 0. The highest BCUT2D eigenvalue weighted by Gasteiger charge is 2.48. The van der Waals surface area contributed by atoms with Crippen molar-refractivity contribution < 1.29 is 30.0 Å². The SMILES string of the molecule is CC(C)(C)c1ccc(S(=O)(=O)NS(=O)(=O)C(F)(F)F)cc1. The molecule has 0 aliphatic carbocycles. The molecule has 0 fully saturated rings. The lowest BCUT2D eigenvalue weighted by Crippen LogP contribution is -2.40. The Bertz CT molecular complexity index is 714. The number of sulfonamides is 2. The monoisotopic (exact) mass is 345 g/mol. The van der Waals surface area contributed by atoms with Crippen LogP contribution in [0.1, 0.15) is 26.3 Å². The summed E-state index contributed by atoms with van der Waals surface area (Å²) in [4.78, 5) is -0.566. The molecule has 0 atom stereocenters. The molecule has 0 radical (unpaired) electrons. The molecule has 0 saturated heterocycles. The van der Waals surface area contributed by atoms with Crippen molar-refractivity contribution in [1.82, 2.24) is 4.13 Å². The van der Waals surface area contributed by atoms with Crippen molar-refractivity contribution >= 4 is 20.0 Å². The van der Waals surface area contributed by atoms with Gasteiger partial charge in [0.05, 0.1) is 4.90 Å². The van der Waals surface area contributed by atoms with E-state index in [1.165, 1.54) is 12.1 Å². The minimum absolute atomic E-state index is 0.284. The van der Waals surface area contributed by atoms with Crippen molar-refractivity contribution in [2.75, 3.05) is 0 Å². The van der Waals surface area contributed by atoms with Crippen molar-refractivity contribution in [2.45, 2.75) is 36.6 Å². The highest BCUT2D eigenvalue weighted by atomic mass is 32.3. The van der Waals surface area contributed by atoms with Crippen molar-refractivity contribution in [3.8, 4) is 0 Å². The van der Waals surface area contributed by atoms with Crippen LogP contribution >= 0.6 is 0 Å². The fourth-order valence-corrected chi connectivity index (χ4v) is 3.79. The number of hydrogen-bond donors (Lipinski definition) is 1. The Kier molecular flexibility index (Phi) is 4.48. The van der Waals surface area contributed by atoms with E-state index >= 15 is 0 Å². The highest BCUT2D eigenvalue weighted by Crippen LogP contribution is 2.25. The van der Waals surface area contributed by atoms with Crippen LogP contribution in [0.15, 0.2) is 29.2 Å². The molecule has 0 aromatic heterocycles. The summed E-state index contributed by atoms with van der Waals surface area (Å²) >= 11 is 0. The second-order valence-electron chi connectivity index (χ2n) is 5.31. The molecule has 0 saturated carbocycles. The minimum atomic E-state index is -5.98. The zero-order valence-electron chi connectivity index (χ0n) is 11.4. The maximum atomic E-state index is 12.2. The third-order valence-electron chi connectivity index (χ3n) is 2.55. The van der Waals surface area contributed by atoms with Crippen LogP contribution in [-0.2, 0) is 25.5 Å². The predicted octanol–water partition coefficient (Wildman–Crippen LogP) is 2.11. The van der Waals surface area contributed by atoms with E-state index in [-0.39, 0.29) is 5.41 Å². The molecule has 1 aromatic rings. The quantitative estimate of drug-likeness (QED) is 0.910. The number of benzene rings is 1. The lowest BCUT2D eigenvalue weighted by molar-refractivity contribution is -0.0441. The van der Waals surface area contributed by atoms with Gasteiger partial charge in [0.25, 0.3) is 10.0 Å². The summed E-state index contributed by atoms with van der Waals surface area (Å²) in [6, 6.07) is 4.92. The van der Waals surface area contributed by atoms with Gasteiger partial charge in [-0.1, -0.05) is 37.0 Å². The first kappa shape index (κ1) is 17.9. The Morgan fingerprint density at radius 3 is 1.67 bits per heavy atom. The van der Waals surface area contributed by atoms with E-state index in [0.717, 1.165) is 17.7 Å². The van der Waals surface area contributed by atoms with E-state index < -0.39 is 30.5 Å². The number of nitrogens with one attached hydrogen (secondary N) is 1. The van der Waals surface area contributed by atoms with Crippen LogP contribution in [0.5, 0.6) is 0 Å².